The number of epoxide rings is 1. The minimum Gasteiger partial charge on any atom is -0.748 e. The van der Waals surface area contributed by atoms with Crippen LogP contribution in [0.2, 0.25) is 0 Å². The van der Waals surface area contributed by atoms with Gasteiger partial charge in [0.25, 0.3) is 0 Å². The van der Waals surface area contributed by atoms with E-state index in [2.05, 4.69) is 31.9 Å². The fourth-order valence-corrected chi connectivity index (χ4v) is 5.62. The van der Waals surface area contributed by atoms with Crippen LogP contribution >= 0.6 is 43.5 Å². The molecule has 79 heavy (non-hydrogen) atoms. The molecule has 4 atom stereocenters. The summed E-state index contributed by atoms with van der Waals surface area (Å²) in [7, 11) is -13.6. The summed E-state index contributed by atoms with van der Waals surface area (Å²) in [5, 5.41) is 89.6. The molecular formula is C40H80Br2ClNa3O30S3. The smallest absolute Gasteiger partial charge is 0.748 e. The van der Waals surface area contributed by atoms with E-state index in [-0.39, 0.29) is 234 Å². The molecule has 0 radical (unpaired) electrons. The van der Waals surface area contributed by atoms with Crippen LogP contribution in [0.25, 0.3) is 0 Å². The van der Waals surface area contributed by atoms with Gasteiger partial charge >= 0.3 is 88.7 Å². The minimum atomic E-state index is -4.67. The summed E-state index contributed by atoms with van der Waals surface area (Å²) in [6, 6.07) is 8.02. The van der Waals surface area contributed by atoms with Crippen molar-refractivity contribution in [3.8, 4) is 5.75 Å². The van der Waals surface area contributed by atoms with Crippen LogP contribution in [0.4, 0.5) is 0 Å². The molecule has 1 heterocycles. The zero-order valence-corrected chi connectivity index (χ0v) is 57.5. The van der Waals surface area contributed by atoms with Gasteiger partial charge in [-0.15, -0.1) is 11.6 Å². The van der Waals surface area contributed by atoms with Crippen LogP contribution in [-0.4, -0.2) is 306 Å². The van der Waals surface area contributed by atoms with Gasteiger partial charge in [-0.2, -0.15) is 0 Å². The molecule has 1 aliphatic heterocycles. The maximum absolute atomic E-state index is 10.8. The van der Waals surface area contributed by atoms with Crippen LogP contribution in [0, 0.1) is 6.92 Å². The third-order valence-electron chi connectivity index (χ3n) is 6.57. The molecule has 1 aromatic carbocycles. The van der Waals surface area contributed by atoms with Crippen LogP contribution in [0.15, 0.2) is 24.3 Å². The molecule has 2 rings (SSSR count). The Morgan fingerprint density at radius 2 is 0.899 bits per heavy atom. The van der Waals surface area contributed by atoms with Crippen molar-refractivity contribution in [2.45, 2.75) is 31.3 Å². The second kappa shape index (κ2) is 76.3. The van der Waals surface area contributed by atoms with Gasteiger partial charge in [0, 0.05) is 5.88 Å². The topological polar surface area (TPSA) is 490 Å². The number of aryl methyl sites for hydroxylation is 1. The largest absolute Gasteiger partial charge is 1.00 e. The Balaban J connectivity index is -0.000000111. The van der Waals surface area contributed by atoms with Crippen molar-refractivity contribution in [1.82, 2.24) is 0 Å². The van der Waals surface area contributed by atoms with Crippen LogP contribution in [0.5, 0.6) is 5.75 Å². The van der Waals surface area contributed by atoms with Gasteiger partial charge in [0.1, 0.15) is 32.0 Å². The molecule has 1 aliphatic rings. The average Bonchev–Trinajstić information content (AvgIpc) is 4.19. The monoisotopic (exact) mass is 1400 g/mol. The van der Waals surface area contributed by atoms with Crippen molar-refractivity contribution in [3.05, 3.63) is 29.8 Å². The predicted octanol–water partition coefficient (Wildman–Crippen LogP) is -13.6. The summed E-state index contributed by atoms with van der Waals surface area (Å²) >= 11 is 11.1. The Hall–Kier alpha value is 2.20. The number of ether oxygens (including phenoxy) is 10. The summed E-state index contributed by atoms with van der Waals surface area (Å²) < 4.78 is 144. The van der Waals surface area contributed by atoms with Crippen molar-refractivity contribution in [2.24, 2.45) is 0 Å². The maximum atomic E-state index is 10.8. The number of para-hydroxylation sites is 1. The number of aliphatic hydroxyl groups is 11. The Morgan fingerprint density at radius 1 is 0.557 bits per heavy atom. The van der Waals surface area contributed by atoms with E-state index in [1.165, 1.54) is 5.56 Å². The van der Waals surface area contributed by atoms with Gasteiger partial charge in [-0.05, 0) is 18.6 Å². The zero-order chi connectivity index (χ0) is 59.4. The number of benzene rings is 1. The number of halogens is 3. The summed E-state index contributed by atoms with van der Waals surface area (Å²) in [6.45, 7) is 4.38. The molecule has 0 saturated carbocycles. The molecule has 1 fully saturated rings. The Morgan fingerprint density at radius 3 is 1.22 bits per heavy atom. The second-order valence-corrected chi connectivity index (χ2v) is 20.7. The van der Waals surface area contributed by atoms with Gasteiger partial charge in [0.15, 0.2) is 0 Å². The van der Waals surface area contributed by atoms with Crippen molar-refractivity contribution in [3.63, 3.8) is 0 Å². The molecule has 0 aromatic heterocycles. The third-order valence-corrected chi connectivity index (χ3v) is 9.29. The first-order chi connectivity index (χ1) is 35.9. The molecule has 39 heteroatoms. The number of hydrogen-bond donors (Lipinski definition) is 11. The molecule has 0 amide bonds. The fourth-order valence-electron chi connectivity index (χ4n) is 3.58. The van der Waals surface area contributed by atoms with Gasteiger partial charge < -0.3 is 117 Å². The van der Waals surface area contributed by atoms with Gasteiger partial charge in [0.2, 0.25) is 0 Å². The molecule has 11 N–H and O–H groups in total. The first kappa shape index (κ1) is 100. The normalized spacial score (nSPS) is 13.1. The number of alkyl halides is 3. The Kier molecular flexibility index (Phi) is 96.8. The summed E-state index contributed by atoms with van der Waals surface area (Å²) in [6.07, 6.45) is -3.80. The molecule has 4 unspecified atom stereocenters. The van der Waals surface area contributed by atoms with Gasteiger partial charge in [-0.3, -0.25) is 0 Å². The molecule has 30 nitrogen and oxygen atoms in total. The number of aliphatic hydroxyl groups excluding tert-OH is 11. The van der Waals surface area contributed by atoms with Crippen LogP contribution in [0.3, 0.4) is 0 Å². The Bertz CT molecular complexity index is 1610. The van der Waals surface area contributed by atoms with E-state index in [1.54, 1.807) is 0 Å². The van der Waals surface area contributed by atoms with E-state index in [1.807, 2.05) is 31.2 Å². The average molecular weight is 1400 g/mol. The molecular weight excluding hydrogens is 1320 g/mol. The molecule has 1 aromatic rings. The standard InChI is InChI=1S/C12H26O12S2.C10H12O2.2C5H12O4.C3H7ClO4S.2C2H6O2.CH2Br2.3Na/c13-1-2-21-3-4-22-5-6-23-8-12(10-26(18,19)20)24-7-11(14)9-25(15,16)17;1-8-4-2-3-5-10(8)12-7-9-6-11-9;2*6-1-3-8-5-9-4-2-7;4-1-3(5)2-9(6,7)8;2*3-1-2-4;2-1-3;;;/h11-14H,1-10H2,(H,15,16,17)(H,18,19,20);2-5,9H,6-7H2,1H3;2*6-7H,1-5H2;3,5H,1-2H2,(H,6,7,8);2*3-4H,1-2H2;1H2;;;/q;;;;;;;;3*+1/p-3. The molecule has 0 aliphatic carbocycles. The minimum absolute atomic E-state index is 0. The van der Waals surface area contributed by atoms with E-state index in [9.17, 15) is 44.0 Å². The Labute approximate surface area is 552 Å². The first-order valence-corrected chi connectivity index (χ1v) is 29.7. The molecule has 462 valence electrons. The van der Waals surface area contributed by atoms with Gasteiger partial charge in [-0.25, -0.2) is 25.3 Å². The van der Waals surface area contributed by atoms with Crippen molar-refractivity contribution < 1.29 is 231 Å². The first-order valence-electron chi connectivity index (χ1n) is 22.2. The summed E-state index contributed by atoms with van der Waals surface area (Å²) in [5.41, 5.74) is 1.18. The van der Waals surface area contributed by atoms with Crippen molar-refractivity contribution in [2.75, 3.05) is 186 Å². The van der Waals surface area contributed by atoms with Gasteiger partial charge in [0.05, 0.1) is 209 Å². The second-order valence-electron chi connectivity index (χ2n) is 13.4. The number of rotatable bonds is 37. The van der Waals surface area contributed by atoms with Gasteiger partial charge in [-0.1, -0.05) is 50.1 Å². The van der Waals surface area contributed by atoms with Crippen molar-refractivity contribution >= 4 is 73.8 Å². The van der Waals surface area contributed by atoms with E-state index < -0.39 is 72.5 Å². The molecule has 0 spiro atoms. The summed E-state index contributed by atoms with van der Waals surface area (Å²) in [4.78, 5) is 0. The van der Waals surface area contributed by atoms with E-state index in [0.29, 0.717) is 12.7 Å². The SMILES string of the molecule is BrCBr.Cc1ccccc1OCC1CO1.O=S(=O)([O-])CC(O)CCl.O=S(=O)([O-])CC(O)COC(COCCOCCOCCO)CS(=O)(=O)[O-].OCCO.OCCO.OCCOCOCCO.OCCOCOCCO.[Na+].[Na+].[Na+]. The van der Waals surface area contributed by atoms with E-state index >= 15 is 0 Å². The quantitative estimate of drug-likeness (QED) is 0.00736. The molecule has 0 bridgehead atoms. The number of hydrogen-bond acceptors (Lipinski definition) is 30. The van der Waals surface area contributed by atoms with E-state index in [0.717, 1.165) is 16.6 Å². The third kappa shape index (κ3) is 105. The molecule has 1 saturated heterocycles. The summed E-state index contributed by atoms with van der Waals surface area (Å²) in [5.74, 6) is -2.12. The van der Waals surface area contributed by atoms with Crippen LogP contribution < -0.4 is 93.4 Å². The van der Waals surface area contributed by atoms with Crippen molar-refractivity contribution in [1.29, 1.82) is 0 Å². The predicted molar refractivity (Wildman–Crippen MR) is 275 cm³/mol. The van der Waals surface area contributed by atoms with Crippen LogP contribution in [0.1, 0.15) is 5.56 Å². The van der Waals surface area contributed by atoms with Crippen LogP contribution in [-0.2, 0) is 73.0 Å². The zero-order valence-electron chi connectivity index (χ0n) is 45.2. The van der Waals surface area contributed by atoms with E-state index in [4.69, 9.17) is 110 Å². The fraction of sp³-hybridized carbons (Fsp3) is 0.850. The maximum Gasteiger partial charge on any atom is 1.00 e.